The van der Waals surface area contributed by atoms with Crippen molar-refractivity contribution in [2.45, 2.75) is 37.5 Å². The van der Waals surface area contributed by atoms with E-state index >= 15 is 0 Å². The van der Waals surface area contributed by atoms with Gasteiger partial charge in [-0.2, -0.15) is 0 Å². The number of nitrogens with zero attached hydrogens (tertiary/aromatic N) is 3. The highest BCUT2D eigenvalue weighted by Crippen LogP contribution is 2.36. The second-order valence-corrected chi connectivity index (χ2v) is 10.0. The number of rotatable bonds is 5. The van der Waals surface area contributed by atoms with Gasteiger partial charge in [-0.1, -0.05) is 24.3 Å². The Morgan fingerprint density at radius 2 is 1.92 bits per heavy atom. The first-order valence-electron chi connectivity index (χ1n) is 13.0. The molecule has 1 saturated heterocycles. The van der Waals surface area contributed by atoms with Crippen LogP contribution in [0.5, 0.6) is 11.5 Å². The monoisotopic (exact) mass is 510 g/mol. The van der Waals surface area contributed by atoms with Crippen LogP contribution in [0, 0.1) is 0 Å². The standard InChI is InChI=1S/C30H30N4O4/c1-37-22-8-4-6-20(17-22)27-26-9-2-3-15-34(26)29(32-27)21-7-5-14-33(18-21)30(36)38-23-11-13-24-19(16-23)10-12-25(24)28(31)35/h2-4,6,8-9,11,13,15-17,21,25H,5,7,10,12,14,18H2,1H3,(H2,31,35). The Labute approximate surface area is 221 Å². The van der Waals surface area contributed by atoms with Crippen LogP contribution in [-0.4, -0.2) is 46.5 Å². The molecule has 0 bridgehead atoms. The average molecular weight is 511 g/mol. The summed E-state index contributed by atoms with van der Waals surface area (Å²) in [6.07, 6.45) is 4.91. The van der Waals surface area contributed by atoms with Gasteiger partial charge in [0, 0.05) is 30.8 Å². The molecule has 3 heterocycles. The van der Waals surface area contributed by atoms with E-state index in [0.29, 0.717) is 25.3 Å². The normalized spacial score (nSPS) is 18.8. The molecular formula is C30H30N4O4. The maximum atomic E-state index is 13.2. The number of aryl methyl sites for hydroxylation is 1. The SMILES string of the molecule is COc1cccc(-c2nc(C3CCCN(C(=O)Oc4ccc5c(c4)CCC5C(N)=O)C3)n3ccccc23)c1. The molecule has 1 aliphatic heterocycles. The van der Waals surface area contributed by atoms with Crippen LogP contribution in [0.15, 0.2) is 66.9 Å². The summed E-state index contributed by atoms with van der Waals surface area (Å²) in [7, 11) is 1.66. The maximum Gasteiger partial charge on any atom is 0.415 e. The van der Waals surface area contributed by atoms with Gasteiger partial charge in [-0.25, -0.2) is 9.78 Å². The van der Waals surface area contributed by atoms with Gasteiger partial charge in [0.2, 0.25) is 5.91 Å². The van der Waals surface area contributed by atoms with Crippen LogP contribution >= 0.6 is 0 Å². The number of hydrogen-bond acceptors (Lipinski definition) is 5. The predicted molar refractivity (Wildman–Crippen MR) is 143 cm³/mol. The zero-order valence-corrected chi connectivity index (χ0v) is 21.3. The van der Waals surface area contributed by atoms with Gasteiger partial charge < -0.3 is 24.5 Å². The van der Waals surface area contributed by atoms with E-state index in [2.05, 4.69) is 10.5 Å². The van der Waals surface area contributed by atoms with Crippen LogP contribution < -0.4 is 15.2 Å². The van der Waals surface area contributed by atoms with Gasteiger partial charge in [-0.15, -0.1) is 0 Å². The minimum atomic E-state index is -0.368. The lowest BCUT2D eigenvalue weighted by atomic mass is 9.97. The first-order chi connectivity index (χ1) is 18.5. The van der Waals surface area contributed by atoms with Crippen LogP contribution in [-0.2, 0) is 11.2 Å². The molecule has 2 amide bonds. The van der Waals surface area contributed by atoms with E-state index in [-0.39, 0.29) is 23.8 Å². The molecule has 4 aromatic rings. The van der Waals surface area contributed by atoms with Gasteiger partial charge in [0.05, 0.1) is 24.2 Å². The third-order valence-corrected chi connectivity index (χ3v) is 7.70. The Kier molecular flexibility index (Phi) is 6.23. The number of piperidine rings is 1. The fraction of sp³-hybridized carbons (Fsp3) is 0.300. The van der Waals surface area contributed by atoms with Crippen molar-refractivity contribution in [3.05, 3.63) is 83.8 Å². The highest BCUT2D eigenvalue weighted by atomic mass is 16.6. The number of aromatic nitrogens is 2. The number of benzene rings is 2. The van der Waals surface area contributed by atoms with Crippen molar-refractivity contribution in [1.29, 1.82) is 0 Å². The highest BCUT2D eigenvalue weighted by molar-refractivity contribution is 5.83. The van der Waals surface area contributed by atoms with Gasteiger partial charge in [0.15, 0.2) is 0 Å². The van der Waals surface area contributed by atoms with E-state index in [1.165, 1.54) is 0 Å². The van der Waals surface area contributed by atoms with E-state index < -0.39 is 0 Å². The third-order valence-electron chi connectivity index (χ3n) is 7.70. The van der Waals surface area contributed by atoms with Crippen molar-refractivity contribution < 1.29 is 19.1 Å². The summed E-state index contributed by atoms with van der Waals surface area (Å²) in [5, 5.41) is 0. The molecule has 1 fully saturated rings. The van der Waals surface area contributed by atoms with Crippen LogP contribution in [0.4, 0.5) is 4.79 Å². The Bertz CT molecular complexity index is 1530. The number of hydrogen-bond donors (Lipinski definition) is 1. The van der Waals surface area contributed by atoms with Crippen molar-refractivity contribution in [3.63, 3.8) is 0 Å². The van der Waals surface area contributed by atoms with Gasteiger partial charge in [-0.3, -0.25) is 4.79 Å². The largest absolute Gasteiger partial charge is 0.497 e. The van der Waals surface area contributed by atoms with Crippen molar-refractivity contribution in [3.8, 4) is 22.8 Å². The molecule has 2 aromatic heterocycles. The Balaban J connectivity index is 1.23. The number of carbonyl (C=O) groups excluding carboxylic acids is 2. The molecular weight excluding hydrogens is 480 g/mol. The van der Waals surface area contributed by atoms with Crippen LogP contribution in [0.2, 0.25) is 0 Å². The molecule has 2 aliphatic rings. The van der Waals surface area contributed by atoms with E-state index in [1.54, 1.807) is 18.1 Å². The Morgan fingerprint density at radius 1 is 1.03 bits per heavy atom. The Morgan fingerprint density at radius 3 is 2.76 bits per heavy atom. The fourth-order valence-electron chi connectivity index (χ4n) is 5.80. The van der Waals surface area contributed by atoms with Crippen molar-refractivity contribution >= 4 is 17.5 Å². The number of imidazole rings is 1. The summed E-state index contributed by atoms with van der Waals surface area (Å²) in [5.74, 6) is 1.71. The van der Waals surface area contributed by atoms with Crippen LogP contribution in [0.1, 0.15) is 48.0 Å². The predicted octanol–water partition coefficient (Wildman–Crippen LogP) is 4.90. The first kappa shape index (κ1) is 24.0. The molecule has 38 heavy (non-hydrogen) atoms. The number of primary amides is 1. The summed E-state index contributed by atoms with van der Waals surface area (Å²) < 4.78 is 13.3. The Hall–Kier alpha value is -4.33. The molecule has 0 spiro atoms. The summed E-state index contributed by atoms with van der Waals surface area (Å²) in [4.78, 5) is 31.7. The van der Waals surface area contributed by atoms with E-state index in [0.717, 1.165) is 58.7 Å². The number of pyridine rings is 1. The number of nitrogens with two attached hydrogens (primary N) is 1. The van der Waals surface area contributed by atoms with Crippen LogP contribution in [0.3, 0.4) is 0 Å². The third kappa shape index (κ3) is 4.36. The minimum absolute atomic E-state index is 0.0712. The first-order valence-corrected chi connectivity index (χ1v) is 13.0. The summed E-state index contributed by atoms with van der Waals surface area (Å²) in [6.45, 7) is 1.16. The number of methoxy groups -OCH3 is 1. The average Bonchev–Trinajstić information content (AvgIpc) is 3.55. The number of amides is 2. The molecule has 2 N–H and O–H groups in total. The van der Waals surface area contributed by atoms with E-state index in [9.17, 15) is 9.59 Å². The number of carbonyl (C=O) groups is 2. The zero-order valence-electron chi connectivity index (χ0n) is 21.3. The molecule has 6 rings (SSSR count). The van der Waals surface area contributed by atoms with E-state index in [1.807, 2.05) is 54.7 Å². The van der Waals surface area contributed by atoms with Crippen LogP contribution in [0.25, 0.3) is 16.8 Å². The van der Waals surface area contributed by atoms with E-state index in [4.69, 9.17) is 20.2 Å². The highest BCUT2D eigenvalue weighted by Gasteiger charge is 2.31. The van der Waals surface area contributed by atoms with Crippen molar-refractivity contribution in [1.82, 2.24) is 14.3 Å². The lowest BCUT2D eigenvalue weighted by Crippen LogP contribution is -2.41. The molecule has 8 heteroatoms. The minimum Gasteiger partial charge on any atom is -0.497 e. The molecule has 0 radical (unpaired) electrons. The smallest absolute Gasteiger partial charge is 0.415 e. The molecule has 2 aromatic carbocycles. The van der Waals surface area contributed by atoms with Crippen molar-refractivity contribution in [2.75, 3.05) is 20.2 Å². The van der Waals surface area contributed by atoms with Crippen molar-refractivity contribution in [2.24, 2.45) is 5.73 Å². The second kappa shape index (κ2) is 9.85. The number of likely N-dealkylation sites (tertiary alicyclic amines) is 1. The summed E-state index contributed by atoms with van der Waals surface area (Å²) in [6, 6.07) is 19.5. The molecule has 1 aliphatic carbocycles. The molecule has 194 valence electrons. The molecule has 2 atom stereocenters. The number of ether oxygens (including phenoxy) is 2. The second-order valence-electron chi connectivity index (χ2n) is 10.0. The molecule has 0 saturated carbocycles. The quantitative estimate of drug-likeness (QED) is 0.412. The van der Waals surface area contributed by atoms with Gasteiger partial charge in [0.25, 0.3) is 0 Å². The molecule has 8 nitrogen and oxygen atoms in total. The zero-order chi connectivity index (χ0) is 26.2. The van der Waals surface area contributed by atoms with Gasteiger partial charge in [0.1, 0.15) is 17.3 Å². The van der Waals surface area contributed by atoms with Gasteiger partial charge in [-0.05, 0) is 73.2 Å². The van der Waals surface area contributed by atoms with Gasteiger partial charge >= 0.3 is 6.09 Å². The topological polar surface area (TPSA) is 99.2 Å². The number of fused-ring (bicyclic) bond motifs is 2. The fourth-order valence-corrected chi connectivity index (χ4v) is 5.80. The maximum absolute atomic E-state index is 13.2. The molecule has 2 unspecified atom stereocenters. The summed E-state index contributed by atoms with van der Waals surface area (Å²) >= 11 is 0. The summed E-state index contributed by atoms with van der Waals surface area (Å²) in [5.41, 5.74) is 10.4. The lowest BCUT2D eigenvalue weighted by Gasteiger charge is -2.31. The lowest BCUT2D eigenvalue weighted by molar-refractivity contribution is -0.119.